The fourth-order valence-corrected chi connectivity index (χ4v) is 1.76. The van der Waals surface area contributed by atoms with E-state index in [0.717, 1.165) is 0 Å². The van der Waals surface area contributed by atoms with E-state index in [0.29, 0.717) is 0 Å². The van der Waals surface area contributed by atoms with Crippen molar-refractivity contribution in [2.24, 2.45) is 0 Å². The average Bonchev–Trinajstić information content (AvgIpc) is 2.09. The Labute approximate surface area is 90.2 Å². The second-order valence-electron chi connectivity index (χ2n) is 3.15. The number of rotatable bonds is 3. The van der Waals surface area contributed by atoms with E-state index in [1.165, 1.54) is 0 Å². The summed E-state index contributed by atoms with van der Waals surface area (Å²) >= 11 is 0. The number of carboxylic acids is 1. The Morgan fingerprint density at radius 1 is 1.38 bits per heavy atom. The third kappa shape index (κ3) is 3.37. The van der Waals surface area contributed by atoms with Gasteiger partial charge in [-0.25, -0.2) is 8.98 Å². The third-order valence-corrected chi connectivity index (χ3v) is 2.39. The van der Waals surface area contributed by atoms with Gasteiger partial charge in [-0.3, -0.25) is 4.55 Å². The maximum atomic E-state index is 10.5. The highest BCUT2D eigenvalue weighted by Crippen LogP contribution is 2.22. The van der Waals surface area contributed by atoms with E-state index in [2.05, 4.69) is 8.92 Å². The lowest BCUT2D eigenvalue weighted by molar-refractivity contribution is -0.242. The molecule has 0 aromatic heterocycles. The first-order valence-corrected chi connectivity index (χ1v) is 5.47. The predicted octanol–water partition coefficient (Wildman–Crippen LogP) is -2.27. The highest BCUT2D eigenvalue weighted by molar-refractivity contribution is 7.80. The van der Waals surface area contributed by atoms with Crippen molar-refractivity contribution >= 4 is 16.4 Å². The minimum Gasteiger partial charge on any atom is -0.479 e. The molecule has 0 aliphatic carbocycles. The van der Waals surface area contributed by atoms with Gasteiger partial charge in [-0.05, 0) is 0 Å². The molecule has 0 bridgehead atoms. The van der Waals surface area contributed by atoms with Crippen molar-refractivity contribution in [2.75, 3.05) is 0 Å². The van der Waals surface area contributed by atoms with Gasteiger partial charge in [-0.1, -0.05) is 0 Å². The van der Waals surface area contributed by atoms with Crippen molar-refractivity contribution in [3.63, 3.8) is 0 Å². The summed E-state index contributed by atoms with van der Waals surface area (Å²) in [6.45, 7) is 0. The highest BCUT2D eigenvalue weighted by Gasteiger charge is 2.42. The standard InChI is InChI=1S/C6H10O9S/c7-2-1-3(5(8)9)14-6(10)4(2)15-16(11,12)13/h2-4,6-7,10H,1H2,(H,8,9)(H,11,12,13)/t2-,3?,4?,6-/m1/s1. The second-order valence-corrected chi connectivity index (χ2v) is 4.19. The molecule has 0 aromatic carbocycles. The molecule has 2 unspecified atom stereocenters. The van der Waals surface area contributed by atoms with Crippen molar-refractivity contribution in [3.8, 4) is 0 Å². The van der Waals surface area contributed by atoms with Gasteiger partial charge in [-0.15, -0.1) is 0 Å². The average molecular weight is 258 g/mol. The van der Waals surface area contributed by atoms with Gasteiger partial charge < -0.3 is 20.1 Å². The Morgan fingerprint density at radius 3 is 2.31 bits per heavy atom. The van der Waals surface area contributed by atoms with E-state index in [4.69, 9.17) is 9.66 Å². The minimum absolute atomic E-state index is 0.466. The zero-order valence-corrected chi connectivity index (χ0v) is 8.57. The van der Waals surface area contributed by atoms with Gasteiger partial charge in [0.1, 0.15) is 0 Å². The highest BCUT2D eigenvalue weighted by atomic mass is 32.3. The molecule has 0 saturated carbocycles. The van der Waals surface area contributed by atoms with E-state index in [1.54, 1.807) is 0 Å². The minimum atomic E-state index is -4.87. The molecule has 0 radical (unpaired) electrons. The lowest BCUT2D eigenvalue weighted by Gasteiger charge is -2.33. The Kier molecular flexibility index (Phi) is 3.83. The lowest BCUT2D eigenvalue weighted by Crippen LogP contribution is -2.52. The Morgan fingerprint density at radius 2 is 1.94 bits per heavy atom. The summed E-state index contributed by atoms with van der Waals surface area (Å²) in [6, 6.07) is 0. The van der Waals surface area contributed by atoms with Crippen LogP contribution in [-0.2, 0) is 24.1 Å². The largest absolute Gasteiger partial charge is 0.479 e. The fourth-order valence-electron chi connectivity index (χ4n) is 1.26. The molecule has 0 spiro atoms. The molecule has 1 saturated heterocycles. The van der Waals surface area contributed by atoms with Crippen LogP contribution in [0.1, 0.15) is 6.42 Å². The summed E-state index contributed by atoms with van der Waals surface area (Å²) < 4.78 is 37.4. The topological polar surface area (TPSA) is 151 Å². The van der Waals surface area contributed by atoms with Crippen molar-refractivity contribution in [1.29, 1.82) is 0 Å². The third-order valence-electron chi connectivity index (χ3n) is 1.93. The number of aliphatic hydroxyl groups excluding tert-OH is 2. The van der Waals surface area contributed by atoms with Gasteiger partial charge in [0, 0.05) is 6.42 Å². The van der Waals surface area contributed by atoms with Crippen molar-refractivity contribution < 1.29 is 42.0 Å². The Balaban J connectivity index is 2.73. The number of carbonyl (C=O) groups is 1. The molecule has 1 fully saturated rings. The van der Waals surface area contributed by atoms with Gasteiger partial charge in [0.25, 0.3) is 0 Å². The van der Waals surface area contributed by atoms with Crippen molar-refractivity contribution in [1.82, 2.24) is 0 Å². The summed E-state index contributed by atoms with van der Waals surface area (Å²) in [6.07, 6.45) is -7.25. The van der Waals surface area contributed by atoms with Crippen LogP contribution in [0.15, 0.2) is 0 Å². The first-order valence-electron chi connectivity index (χ1n) is 4.11. The molecule has 9 nitrogen and oxygen atoms in total. The van der Waals surface area contributed by atoms with Crippen LogP contribution in [0, 0.1) is 0 Å². The molecular weight excluding hydrogens is 248 g/mol. The first-order chi connectivity index (χ1) is 7.20. The number of hydrogen-bond donors (Lipinski definition) is 4. The molecule has 1 heterocycles. The molecule has 94 valence electrons. The Bertz CT molecular complexity index is 350. The van der Waals surface area contributed by atoms with Gasteiger partial charge in [0.05, 0.1) is 6.10 Å². The van der Waals surface area contributed by atoms with Crippen LogP contribution < -0.4 is 0 Å². The second kappa shape index (κ2) is 4.61. The van der Waals surface area contributed by atoms with Crippen LogP contribution >= 0.6 is 0 Å². The zero-order chi connectivity index (χ0) is 12.5. The van der Waals surface area contributed by atoms with E-state index in [9.17, 15) is 23.4 Å². The summed E-state index contributed by atoms with van der Waals surface area (Å²) in [4.78, 5) is 10.5. The van der Waals surface area contributed by atoms with Crippen LogP contribution in [0.3, 0.4) is 0 Å². The van der Waals surface area contributed by atoms with Gasteiger partial charge >= 0.3 is 16.4 Å². The molecule has 0 aromatic rings. The molecule has 1 aliphatic heterocycles. The lowest BCUT2D eigenvalue weighted by atomic mass is 10.0. The summed E-state index contributed by atoms with van der Waals surface area (Å²) in [7, 11) is -4.87. The molecular formula is C6H10O9S. The number of carboxylic acid groups (broad SMARTS) is 1. The normalized spacial score (nSPS) is 35.9. The summed E-state index contributed by atoms with van der Waals surface area (Å²) in [5.74, 6) is -1.41. The van der Waals surface area contributed by atoms with Crippen molar-refractivity contribution in [3.05, 3.63) is 0 Å². The Hall–Kier alpha value is -0.780. The van der Waals surface area contributed by atoms with Gasteiger partial charge in [0.2, 0.25) is 0 Å². The molecule has 1 aliphatic rings. The maximum absolute atomic E-state index is 10.5. The predicted molar refractivity (Wildman–Crippen MR) is 45.6 cm³/mol. The number of aliphatic hydroxyl groups is 2. The van der Waals surface area contributed by atoms with Crippen LogP contribution in [0.4, 0.5) is 0 Å². The summed E-state index contributed by atoms with van der Waals surface area (Å²) in [5, 5.41) is 27.0. The van der Waals surface area contributed by atoms with Crippen molar-refractivity contribution in [2.45, 2.75) is 31.0 Å². The smallest absolute Gasteiger partial charge is 0.397 e. The van der Waals surface area contributed by atoms with E-state index in [1.807, 2.05) is 0 Å². The summed E-state index contributed by atoms with van der Waals surface area (Å²) in [5.41, 5.74) is 0. The monoisotopic (exact) mass is 258 g/mol. The maximum Gasteiger partial charge on any atom is 0.397 e. The van der Waals surface area contributed by atoms with E-state index < -0.39 is 47.4 Å². The van der Waals surface area contributed by atoms with Crippen LogP contribution in [0.25, 0.3) is 0 Å². The van der Waals surface area contributed by atoms with Crippen LogP contribution in [0.2, 0.25) is 0 Å². The molecule has 4 atom stereocenters. The number of ether oxygens (including phenoxy) is 1. The van der Waals surface area contributed by atoms with E-state index in [-0.39, 0.29) is 0 Å². The van der Waals surface area contributed by atoms with Crippen LogP contribution in [-0.4, -0.2) is 58.9 Å². The first kappa shape index (κ1) is 13.3. The molecule has 1 rings (SSSR count). The van der Waals surface area contributed by atoms with Crippen LogP contribution in [0.5, 0.6) is 0 Å². The fraction of sp³-hybridized carbons (Fsp3) is 0.833. The molecule has 0 amide bonds. The van der Waals surface area contributed by atoms with E-state index >= 15 is 0 Å². The molecule has 16 heavy (non-hydrogen) atoms. The molecule has 10 heteroatoms. The van der Waals surface area contributed by atoms with Gasteiger partial charge in [0.15, 0.2) is 18.5 Å². The quantitative estimate of drug-likeness (QED) is 0.410. The molecule has 4 N–H and O–H groups in total. The van der Waals surface area contributed by atoms with Gasteiger partial charge in [-0.2, -0.15) is 8.42 Å². The number of hydrogen-bond acceptors (Lipinski definition) is 7. The zero-order valence-electron chi connectivity index (χ0n) is 7.75. The SMILES string of the molecule is O=C(O)C1C[C@@H](O)C(OS(=O)(=O)O)[C@H](O)O1. The number of aliphatic carboxylic acids is 1.